The van der Waals surface area contributed by atoms with Gasteiger partial charge in [-0.25, -0.2) is 0 Å². The van der Waals surface area contributed by atoms with E-state index in [0.29, 0.717) is 18.7 Å². The minimum Gasteiger partial charge on any atom is -0.336 e. The molecule has 1 saturated carbocycles. The van der Waals surface area contributed by atoms with Gasteiger partial charge >= 0.3 is 6.18 Å². The van der Waals surface area contributed by atoms with Gasteiger partial charge in [0, 0.05) is 38.3 Å². The standard InChI is InChI=1S/C19H25F3N2O/c20-19(21,22)17-8-6-16(7-9-17)18(25)24-12-10-23(11-13-24)14-15-4-2-1-3-5-15/h6-9,15H,1-5,10-14H2. The van der Waals surface area contributed by atoms with Crippen LogP contribution in [0.1, 0.15) is 48.0 Å². The maximum atomic E-state index is 12.6. The van der Waals surface area contributed by atoms with E-state index in [4.69, 9.17) is 0 Å². The molecule has 0 N–H and O–H groups in total. The summed E-state index contributed by atoms with van der Waals surface area (Å²) in [5.41, 5.74) is -0.393. The van der Waals surface area contributed by atoms with Crippen molar-refractivity contribution in [2.45, 2.75) is 38.3 Å². The van der Waals surface area contributed by atoms with E-state index in [1.54, 1.807) is 4.90 Å². The van der Waals surface area contributed by atoms with Crippen LogP contribution in [0.15, 0.2) is 24.3 Å². The smallest absolute Gasteiger partial charge is 0.336 e. The topological polar surface area (TPSA) is 23.6 Å². The molecule has 1 aromatic rings. The number of hydrogen-bond donors (Lipinski definition) is 0. The summed E-state index contributed by atoms with van der Waals surface area (Å²) in [6.07, 6.45) is 2.27. The first-order valence-corrected chi connectivity index (χ1v) is 9.12. The molecule has 138 valence electrons. The fourth-order valence-corrected chi connectivity index (χ4v) is 3.85. The van der Waals surface area contributed by atoms with Gasteiger partial charge in [-0.05, 0) is 43.0 Å². The second-order valence-electron chi connectivity index (χ2n) is 7.17. The minimum absolute atomic E-state index is 0.175. The van der Waals surface area contributed by atoms with E-state index in [9.17, 15) is 18.0 Å². The summed E-state index contributed by atoms with van der Waals surface area (Å²) in [6.45, 7) is 4.10. The molecule has 1 heterocycles. The van der Waals surface area contributed by atoms with Crippen LogP contribution in [0.3, 0.4) is 0 Å². The molecule has 0 bridgehead atoms. The first kappa shape index (κ1) is 18.2. The van der Waals surface area contributed by atoms with Gasteiger partial charge in [0.05, 0.1) is 5.56 Å². The third-order valence-corrected chi connectivity index (χ3v) is 5.36. The Morgan fingerprint density at radius 3 is 2.12 bits per heavy atom. The molecule has 1 saturated heterocycles. The number of rotatable bonds is 3. The molecule has 1 aliphatic heterocycles. The number of carbonyl (C=O) groups is 1. The van der Waals surface area contributed by atoms with Gasteiger partial charge in [0.25, 0.3) is 5.91 Å². The van der Waals surface area contributed by atoms with Crippen molar-refractivity contribution in [1.29, 1.82) is 0 Å². The zero-order chi connectivity index (χ0) is 17.9. The molecule has 2 aliphatic rings. The highest BCUT2D eigenvalue weighted by atomic mass is 19.4. The summed E-state index contributed by atoms with van der Waals surface area (Å²) < 4.78 is 37.8. The van der Waals surface area contributed by atoms with E-state index in [1.807, 2.05) is 0 Å². The molecule has 0 atom stereocenters. The van der Waals surface area contributed by atoms with Crippen LogP contribution < -0.4 is 0 Å². The Morgan fingerprint density at radius 1 is 0.960 bits per heavy atom. The summed E-state index contributed by atoms with van der Waals surface area (Å²) in [4.78, 5) is 16.7. The highest BCUT2D eigenvalue weighted by molar-refractivity contribution is 5.94. The third-order valence-electron chi connectivity index (χ3n) is 5.36. The number of benzene rings is 1. The number of alkyl halides is 3. The molecular formula is C19H25F3N2O. The Bertz CT molecular complexity index is 571. The molecular weight excluding hydrogens is 329 g/mol. The molecule has 3 rings (SSSR count). The van der Waals surface area contributed by atoms with Crippen LogP contribution in [-0.4, -0.2) is 48.4 Å². The maximum Gasteiger partial charge on any atom is 0.416 e. The largest absolute Gasteiger partial charge is 0.416 e. The van der Waals surface area contributed by atoms with Gasteiger partial charge in [-0.15, -0.1) is 0 Å². The molecule has 0 radical (unpaired) electrons. The van der Waals surface area contributed by atoms with Crippen LogP contribution in [-0.2, 0) is 6.18 Å². The molecule has 2 fully saturated rings. The van der Waals surface area contributed by atoms with Crippen molar-refractivity contribution < 1.29 is 18.0 Å². The lowest BCUT2D eigenvalue weighted by Crippen LogP contribution is -2.49. The second-order valence-corrected chi connectivity index (χ2v) is 7.17. The average Bonchev–Trinajstić information content (AvgIpc) is 2.62. The van der Waals surface area contributed by atoms with E-state index in [-0.39, 0.29) is 5.91 Å². The van der Waals surface area contributed by atoms with E-state index < -0.39 is 11.7 Å². The average molecular weight is 354 g/mol. The Balaban J connectivity index is 1.51. The van der Waals surface area contributed by atoms with Crippen molar-refractivity contribution >= 4 is 5.91 Å². The molecule has 0 spiro atoms. The molecule has 0 aromatic heterocycles. The Labute approximate surface area is 146 Å². The predicted molar refractivity (Wildman–Crippen MR) is 90.4 cm³/mol. The quantitative estimate of drug-likeness (QED) is 0.818. The van der Waals surface area contributed by atoms with Crippen LogP contribution in [0.2, 0.25) is 0 Å². The zero-order valence-electron chi connectivity index (χ0n) is 14.4. The summed E-state index contributed by atoms with van der Waals surface area (Å²) in [7, 11) is 0. The zero-order valence-corrected chi connectivity index (χ0v) is 14.4. The highest BCUT2D eigenvalue weighted by Crippen LogP contribution is 2.29. The van der Waals surface area contributed by atoms with Gasteiger partial charge in [0.1, 0.15) is 0 Å². The molecule has 3 nitrogen and oxygen atoms in total. The molecule has 25 heavy (non-hydrogen) atoms. The Kier molecular flexibility index (Phi) is 5.67. The first-order chi connectivity index (χ1) is 11.9. The monoisotopic (exact) mass is 354 g/mol. The van der Waals surface area contributed by atoms with Crippen molar-refractivity contribution in [3.05, 3.63) is 35.4 Å². The van der Waals surface area contributed by atoms with E-state index >= 15 is 0 Å². The van der Waals surface area contributed by atoms with Gasteiger partial charge in [-0.2, -0.15) is 13.2 Å². The molecule has 1 aromatic carbocycles. The highest BCUT2D eigenvalue weighted by Gasteiger charge is 2.31. The third kappa shape index (κ3) is 4.75. The fraction of sp³-hybridized carbons (Fsp3) is 0.632. The van der Waals surface area contributed by atoms with Crippen molar-refractivity contribution in [2.75, 3.05) is 32.7 Å². The number of carbonyl (C=O) groups excluding carboxylic acids is 1. The Hall–Kier alpha value is -1.56. The summed E-state index contributed by atoms with van der Waals surface area (Å²) >= 11 is 0. The molecule has 0 unspecified atom stereocenters. The number of halogens is 3. The normalized spacial score (nSPS) is 20.7. The number of amides is 1. The molecule has 6 heteroatoms. The number of piperazine rings is 1. The van der Waals surface area contributed by atoms with Crippen molar-refractivity contribution in [3.8, 4) is 0 Å². The van der Waals surface area contributed by atoms with Crippen LogP contribution >= 0.6 is 0 Å². The van der Waals surface area contributed by atoms with Gasteiger partial charge < -0.3 is 4.90 Å². The van der Waals surface area contributed by atoms with Crippen LogP contribution in [0.25, 0.3) is 0 Å². The lowest BCUT2D eigenvalue weighted by molar-refractivity contribution is -0.137. The number of hydrogen-bond acceptors (Lipinski definition) is 2. The minimum atomic E-state index is -4.37. The van der Waals surface area contributed by atoms with Gasteiger partial charge in [-0.3, -0.25) is 9.69 Å². The van der Waals surface area contributed by atoms with Crippen molar-refractivity contribution in [2.24, 2.45) is 5.92 Å². The van der Waals surface area contributed by atoms with Gasteiger partial charge in [0.15, 0.2) is 0 Å². The summed E-state index contributed by atoms with van der Waals surface area (Å²) in [6, 6.07) is 4.51. The number of nitrogens with zero attached hydrogens (tertiary/aromatic N) is 2. The van der Waals surface area contributed by atoms with Crippen LogP contribution in [0.4, 0.5) is 13.2 Å². The second kappa shape index (κ2) is 7.77. The molecule has 1 amide bonds. The van der Waals surface area contributed by atoms with Crippen molar-refractivity contribution in [1.82, 2.24) is 9.80 Å². The SMILES string of the molecule is O=C(c1ccc(C(F)(F)F)cc1)N1CCN(CC2CCCCC2)CC1. The van der Waals surface area contributed by atoms with Gasteiger partial charge in [0.2, 0.25) is 0 Å². The lowest BCUT2D eigenvalue weighted by Gasteiger charge is -2.37. The van der Waals surface area contributed by atoms with Crippen molar-refractivity contribution in [3.63, 3.8) is 0 Å². The first-order valence-electron chi connectivity index (χ1n) is 9.12. The van der Waals surface area contributed by atoms with E-state index in [0.717, 1.165) is 37.7 Å². The fourth-order valence-electron chi connectivity index (χ4n) is 3.85. The molecule has 1 aliphatic carbocycles. The van der Waals surface area contributed by atoms with Gasteiger partial charge in [-0.1, -0.05) is 19.3 Å². The van der Waals surface area contributed by atoms with Crippen LogP contribution in [0.5, 0.6) is 0 Å². The van der Waals surface area contributed by atoms with E-state index in [2.05, 4.69) is 4.90 Å². The summed E-state index contributed by atoms with van der Waals surface area (Å²) in [5, 5.41) is 0. The maximum absolute atomic E-state index is 12.6. The van der Waals surface area contributed by atoms with E-state index in [1.165, 1.54) is 44.2 Å². The lowest BCUT2D eigenvalue weighted by atomic mass is 9.89. The summed E-state index contributed by atoms with van der Waals surface area (Å²) in [5.74, 6) is 0.608. The van der Waals surface area contributed by atoms with Crippen LogP contribution in [0, 0.1) is 5.92 Å². The predicted octanol–water partition coefficient (Wildman–Crippen LogP) is 4.04. The Morgan fingerprint density at radius 2 is 1.56 bits per heavy atom.